The lowest BCUT2D eigenvalue weighted by Crippen LogP contribution is -2.21. The molecule has 21 heavy (non-hydrogen) atoms. The summed E-state index contributed by atoms with van der Waals surface area (Å²) in [6.45, 7) is 5.20. The Morgan fingerprint density at radius 3 is 2.86 bits per heavy atom. The van der Waals surface area contributed by atoms with Crippen LogP contribution in [-0.4, -0.2) is 16.5 Å². The van der Waals surface area contributed by atoms with Crippen molar-refractivity contribution >= 4 is 22.2 Å². The fraction of sp³-hybridized carbons (Fsp3) is 0.294. The van der Waals surface area contributed by atoms with Crippen LogP contribution in [0, 0.1) is 6.92 Å². The Hall–Kier alpha value is -1.78. The molecular weight excluding hydrogens is 278 g/mol. The number of pyridine rings is 1. The molecule has 0 radical (unpaired) electrons. The van der Waals surface area contributed by atoms with Gasteiger partial charge < -0.3 is 5.32 Å². The van der Waals surface area contributed by atoms with E-state index in [-0.39, 0.29) is 0 Å². The molecule has 0 fully saturated rings. The number of para-hydroxylation sites is 1. The molecule has 0 bridgehead atoms. The van der Waals surface area contributed by atoms with Gasteiger partial charge in [-0.2, -0.15) is 0 Å². The van der Waals surface area contributed by atoms with Crippen molar-refractivity contribution in [2.24, 2.45) is 0 Å². The second-order valence-electron chi connectivity index (χ2n) is 5.22. The third kappa shape index (κ3) is 3.12. The summed E-state index contributed by atoms with van der Waals surface area (Å²) in [6, 6.07) is 10.8. The first-order chi connectivity index (χ1) is 10.3. The molecule has 1 aromatic carbocycles. The Bertz CT molecular complexity index is 730. The summed E-state index contributed by atoms with van der Waals surface area (Å²) in [4.78, 5) is 10.1. The van der Waals surface area contributed by atoms with Crippen molar-refractivity contribution in [3.05, 3.63) is 58.2 Å². The van der Waals surface area contributed by atoms with Crippen LogP contribution in [0.4, 0.5) is 0 Å². The molecule has 4 heteroatoms. The van der Waals surface area contributed by atoms with E-state index in [4.69, 9.17) is 0 Å². The van der Waals surface area contributed by atoms with Crippen molar-refractivity contribution < 1.29 is 0 Å². The highest BCUT2D eigenvalue weighted by molar-refractivity contribution is 7.09. The van der Waals surface area contributed by atoms with Crippen molar-refractivity contribution in [1.82, 2.24) is 15.3 Å². The SMILES string of the molecule is Cc1ncsc1C(C)NCCc1cccc2cccnc12. The lowest BCUT2D eigenvalue weighted by Gasteiger charge is -2.13. The molecule has 0 amide bonds. The Kier molecular flexibility index (Phi) is 4.27. The van der Waals surface area contributed by atoms with E-state index in [0.29, 0.717) is 6.04 Å². The highest BCUT2D eigenvalue weighted by Crippen LogP contribution is 2.21. The van der Waals surface area contributed by atoms with Crippen LogP contribution in [0.15, 0.2) is 42.0 Å². The van der Waals surface area contributed by atoms with Gasteiger partial charge in [0.05, 0.1) is 16.7 Å². The van der Waals surface area contributed by atoms with Crippen molar-refractivity contribution in [2.45, 2.75) is 26.3 Å². The predicted octanol–water partition coefficient (Wildman–Crippen LogP) is 3.89. The zero-order chi connectivity index (χ0) is 14.7. The maximum atomic E-state index is 4.51. The molecule has 2 heterocycles. The van der Waals surface area contributed by atoms with Crippen molar-refractivity contribution in [2.75, 3.05) is 6.54 Å². The molecule has 0 saturated heterocycles. The van der Waals surface area contributed by atoms with Gasteiger partial charge in [-0.3, -0.25) is 4.98 Å². The van der Waals surface area contributed by atoms with Gasteiger partial charge in [0.1, 0.15) is 0 Å². The van der Waals surface area contributed by atoms with E-state index in [9.17, 15) is 0 Å². The van der Waals surface area contributed by atoms with Crippen LogP contribution in [-0.2, 0) is 6.42 Å². The van der Waals surface area contributed by atoms with Crippen molar-refractivity contribution in [1.29, 1.82) is 0 Å². The van der Waals surface area contributed by atoms with Gasteiger partial charge in [0.2, 0.25) is 0 Å². The first-order valence-corrected chi connectivity index (χ1v) is 8.09. The summed E-state index contributed by atoms with van der Waals surface area (Å²) in [5.74, 6) is 0. The molecule has 3 rings (SSSR count). The van der Waals surface area contributed by atoms with E-state index < -0.39 is 0 Å². The molecule has 0 spiro atoms. The highest BCUT2D eigenvalue weighted by Gasteiger charge is 2.10. The summed E-state index contributed by atoms with van der Waals surface area (Å²) < 4.78 is 0. The average Bonchev–Trinajstić information content (AvgIpc) is 2.93. The van der Waals surface area contributed by atoms with Crippen LogP contribution in [0.2, 0.25) is 0 Å². The molecule has 2 aromatic heterocycles. The van der Waals surface area contributed by atoms with Gasteiger partial charge in [0, 0.05) is 22.5 Å². The van der Waals surface area contributed by atoms with Crippen LogP contribution in [0.25, 0.3) is 10.9 Å². The summed E-state index contributed by atoms with van der Waals surface area (Å²) in [5.41, 5.74) is 5.46. The fourth-order valence-corrected chi connectivity index (χ4v) is 3.45. The quantitative estimate of drug-likeness (QED) is 0.776. The largest absolute Gasteiger partial charge is 0.309 e. The summed E-state index contributed by atoms with van der Waals surface area (Å²) >= 11 is 1.72. The number of thiazole rings is 1. The number of fused-ring (bicyclic) bond motifs is 1. The van der Waals surface area contributed by atoms with E-state index in [2.05, 4.69) is 53.4 Å². The Morgan fingerprint density at radius 1 is 1.19 bits per heavy atom. The molecule has 1 unspecified atom stereocenters. The minimum atomic E-state index is 0.348. The lowest BCUT2D eigenvalue weighted by molar-refractivity contribution is 0.582. The molecule has 108 valence electrons. The zero-order valence-corrected chi connectivity index (χ0v) is 13.2. The van der Waals surface area contributed by atoms with Gasteiger partial charge >= 0.3 is 0 Å². The van der Waals surface area contributed by atoms with Gasteiger partial charge in [-0.25, -0.2) is 4.98 Å². The lowest BCUT2D eigenvalue weighted by atomic mass is 10.1. The van der Waals surface area contributed by atoms with Crippen molar-refractivity contribution in [3.8, 4) is 0 Å². The molecule has 3 aromatic rings. The van der Waals surface area contributed by atoms with Gasteiger partial charge in [0.15, 0.2) is 0 Å². The van der Waals surface area contributed by atoms with E-state index in [1.54, 1.807) is 11.3 Å². The molecular formula is C17H19N3S. The van der Waals surface area contributed by atoms with E-state index in [0.717, 1.165) is 24.2 Å². The second-order valence-corrected chi connectivity index (χ2v) is 6.11. The third-order valence-electron chi connectivity index (χ3n) is 3.74. The third-order valence-corrected chi connectivity index (χ3v) is 4.85. The van der Waals surface area contributed by atoms with Crippen LogP contribution in [0.5, 0.6) is 0 Å². The van der Waals surface area contributed by atoms with Crippen molar-refractivity contribution in [3.63, 3.8) is 0 Å². The van der Waals surface area contributed by atoms with Crippen LogP contribution < -0.4 is 5.32 Å². The average molecular weight is 297 g/mol. The standard InChI is InChI=1S/C17H19N3S/c1-12(17-13(2)20-11-21-17)18-10-8-15-6-3-5-14-7-4-9-19-16(14)15/h3-7,9,11-12,18H,8,10H2,1-2H3. The second kappa shape index (κ2) is 6.33. The number of benzene rings is 1. The number of rotatable bonds is 5. The van der Waals surface area contributed by atoms with E-state index >= 15 is 0 Å². The summed E-state index contributed by atoms with van der Waals surface area (Å²) in [5, 5.41) is 4.79. The normalized spacial score (nSPS) is 12.7. The summed E-state index contributed by atoms with van der Waals surface area (Å²) in [6.07, 6.45) is 2.85. The monoisotopic (exact) mass is 297 g/mol. The Labute approximate surface area is 129 Å². The Morgan fingerprint density at radius 2 is 2.05 bits per heavy atom. The molecule has 3 nitrogen and oxygen atoms in total. The van der Waals surface area contributed by atoms with Gasteiger partial charge in [-0.05, 0) is 38.4 Å². The molecule has 1 N–H and O–H groups in total. The van der Waals surface area contributed by atoms with E-state index in [1.165, 1.54) is 15.8 Å². The van der Waals surface area contributed by atoms with E-state index in [1.807, 2.05) is 17.8 Å². The first kappa shape index (κ1) is 14.2. The first-order valence-electron chi connectivity index (χ1n) is 7.21. The predicted molar refractivity (Wildman–Crippen MR) is 88.7 cm³/mol. The summed E-state index contributed by atoms with van der Waals surface area (Å²) in [7, 11) is 0. The topological polar surface area (TPSA) is 37.8 Å². The maximum Gasteiger partial charge on any atom is 0.0798 e. The van der Waals surface area contributed by atoms with Crippen LogP contribution >= 0.6 is 11.3 Å². The minimum Gasteiger partial charge on any atom is -0.309 e. The number of hydrogen-bond donors (Lipinski definition) is 1. The molecule has 0 aliphatic rings. The molecule has 0 saturated carbocycles. The number of aromatic nitrogens is 2. The highest BCUT2D eigenvalue weighted by atomic mass is 32.1. The Balaban J connectivity index is 1.66. The number of aryl methyl sites for hydroxylation is 1. The minimum absolute atomic E-state index is 0.348. The maximum absolute atomic E-state index is 4.51. The molecule has 0 aliphatic carbocycles. The number of nitrogens with zero attached hydrogens (tertiary/aromatic N) is 2. The van der Waals surface area contributed by atoms with Gasteiger partial charge in [0.25, 0.3) is 0 Å². The van der Waals surface area contributed by atoms with Crippen LogP contribution in [0.3, 0.4) is 0 Å². The zero-order valence-electron chi connectivity index (χ0n) is 12.3. The molecule has 1 atom stereocenters. The van der Waals surface area contributed by atoms with Gasteiger partial charge in [-0.1, -0.05) is 24.3 Å². The molecule has 0 aliphatic heterocycles. The fourth-order valence-electron chi connectivity index (χ4n) is 2.61. The smallest absolute Gasteiger partial charge is 0.0798 e. The van der Waals surface area contributed by atoms with Gasteiger partial charge in [-0.15, -0.1) is 11.3 Å². The number of hydrogen-bond acceptors (Lipinski definition) is 4. The number of nitrogens with one attached hydrogen (secondary N) is 1. The van der Waals surface area contributed by atoms with Crippen LogP contribution in [0.1, 0.15) is 29.1 Å².